The van der Waals surface area contributed by atoms with Crippen LogP contribution in [0, 0.1) is 0 Å². The van der Waals surface area contributed by atoms with Gasteiger partial charge in [-0.2, -0.15) is 0 Å². The van der Waals surface area contributed by atoms with Crippen LogP contribution >= 0.6 is 15.9 Å². The van der Waals surface area contributed by atoms with Gasteiger partial charge in [-0.05, 0) is 42.7 Å². The molecular formula is C20H20BrN3O3. The molecule has 0 saturated carbocycles. The van der Waals surface area contributed by atoms with Crippen LogP contribution in [0.4, 0.5) is 4.79 Å². The Bertz CT molecular complexity index is 834. The van der Waals surface area contributed by atoms with E-state index >= 15 is 0 Å². The summed E-state index contributed by atoms with van der Waals surface area (Å²) in [6, 6.07) is 14.5. The summed E-state index contributed by atoms with van der Waals surface area (Å²) in [7, 11) is 0. The molecule has 1 aliphatic rings. The van der Waals surface area contributed by atoms with Crippen LogP contribution in [0.15, 0.2) is 53.0 Å². The number of nitrogens with one attached hydrogen (secondary N) is 2. The van der Waals surface area contributed by atoms with Gasteiger partial charge in [-0.25, -0.2) is 4.79 Å². The number of nitrogens with zero attached hydrogens (tertiary/aromatic N) is 1. The number of hydrogen-bond acceptors (Lipinski definition) is 3. The molecule has 4 amide bonds. The first-order valence-corrected chi connectivity index (χ1v) is 9.57. The summed E-state index contributed by atoms with van der Waals surface area (Å²) in [4.78, 5) is 37.5. The van der Waals surface area contributed by atoms with Crippen molar-refractivity contribution in [3.63, 3.8) is 0 Å². The summed E-state index contributed by atoms with van der Waals surface area (Å²) in [5.41, 5.74) is 2.02. The Morgan fingerprint density at radius 1 is 0.926 bits per heavy atom. The van der Waals surface area contributed by atoms with Gasteiger partial charge in [-0.1, -0.05) is 40.2 Å². The van der Waals surface area contributed by atoms with E-state index in [4.69, 9.17) is 0 Å². The summed E-state index contributed by atoms with van der Waals surface area (Å²) < 4.78 is 1.01. The van der Waals surface area contributed by atoms with E-state index in [9.17, 15) is 14.4 Å². The van der Waals surface area contributed by atoms with Crippen LogP contribution in [0.1, 0.15) is 32.7 Å². The highest BCUT2D eigenvalue weighted by Crippen LogP contribution is 2.22. The van der Waals surface area contributed by atoms with Crippen molar-refractivity contribution in [1.82, 2.24) is 15.5 Å². The van der Waals surface area contributed by atoms with Gasteiger partial charge in [0.15, 0.2) is 0 Å². The predicted octanol–water partition coefficient (Wildman–Crippen LogP) is 2.98. The Balaban J connectivity index is 1.35. The van der Waals surface area contributed by atoms with Crippen LogP contribution in [0.5, 0.6) is 0 Å². The van der Waals surface area contributed by atoms with Gasteiger partial charge in [-0.15, -0.1) is 0 Å². The minimum absolute atomic E-state index is 0.257. The van der Waals surface area contributed by atoms with E-state index in [-0.39, 0.29) is 24.4 Å². The van der Waals surface area contributed by atoms with Crippen LogP contribution in [-0.4, -0.2) is 42.4 Å². The van der Waals surface area contributed by atoms with Crippen molar-refractivity contribution < 1.29 is 14.4 Å². The lowest BCUT2D eigenvalue weighted by molar-refractivity contribution is 0.0653. The minimum atomic E-state index is -0.269. The fourth-order valence-electron chi connectivity index (χ4n) is 2.96. The first kappa shape index (κ1) is 19.1. The van der Waals surface area contributed by atoms with Gasteiger partial charge in [0, 0.05) is 24.1 Å². The zero-order valence-electron chi connectivity index (χ0n) is 14.7. The zero-order valence-corrected chi connectivity index (χ0v) is 16.3. The largest absolute Gasteiger partial charge is 0.338 e. The lowest BCUT2D eigenvalue weighted by atomic mass is 10.1. The molecule has 0 aliphatic carbocycles. The minimum Gasteiger partial charge on any atom is -0.338 e. The average Bonchev–Trinajstić information content (AvgIpc) is 2.90. The first-order chi connectivity index (χ1) is 13.1. The molecule has 3 rings (SSSR count). The van der Waals surface area contributed by atoms with Crippen molar-refractivity contribution >= 4 is 33.8 Å². The fraction of sp³-hybridized carbons (Fsp3) is 0.250. The second-order valence-electron chi connectivity index (χ2n) is 6.22. The van der Waals surface area contributed by atoms with E-state index in [0.29, 0.717) is 30.6 Å². The van der Waals surface area contributed by atoms with Crippen molar-refractivity contribution in [1.29, 1.82) is 0 Å². The van der Waals surface area contributed by atoms with Crippen LogP contribution < -0.4 is 10.6 Å². The van der Waals surface area contributed by atoms with Crippen molar-refractivity contribution in [3.05, 3.63) is 69.7 Å². The van der Waals surface area contributed by atoms with Crippen LogP contribution in [0.25, 0.3) is 0 Å². The summed E-state index contributed by atoms with van der Waals surface area (Å²) in [6.07, 6.45) is 1.24. The van der Waals surface area contributed by atoms with Crippen LogP contribution in [-0.2, 0) is 6.42 Å². The molecule has 0 unspecified atom stereocenters. The van der Waals surface area contributed by atoms with E-state index in [1.165, 1.54) is 4.90 Å². The SMILES string of the molecule is O=C(NCCCN1C(=O)c2ccccc2C1=O)NCCc1cccc(Br)c1. The number of halogens is 1. The quantitative estimate of drug-likeness (QED) is 0.524. The van der Waals surface area contributed by atoms with Gasteiger partial charge in [0.05, 0.1) is 11.1 Å². The van der Waals surface area contributed by atoms with Gasteiger partial charge >= 0.3 is 6.03 Å². The summed E-state index contributed by atoms with van der Waals surface area (Å²) in [5, 5.41) is 5.54. The van der Waals surface area contributed by atoms with E-state index < -0.39 is 0 Å². The summed E-state index contributed by atoms with van der Waals surface area (Å²) >= 11 is 3.42. The lowest BCUT2D eigenvalue weighted by Crippen LogP contribution is -2.38. The Hall–Kier alpha value is -2.67. The second kappa shape index (κ2) is 8.81. The third-order valence-electron chi connectivity index (χ3n) is 4.31. The highest BCUT2D eigenvalue weighted by atomic mass is 79.9. The number of carbonyl (C=O) groups excluding carboxylic acids is 3. The van der Waals surface area contributed by atoms with Gasteiger partial charge < -0.3 is 10.6 Å². The maximum Gasteiger partial charge on any atom is 0.314 e. The maximum atomic E-state index is 12.2. The topological polar surface area (TPSA) is 78.5 Å². The number of carbonyl (C=O) groups is 3. The monoisotopic (exact) mass is 429 g/mol. The van der Waals surface area contributed by atoms with Crippen molar-refractivity contribution in [2.45, 2.75) is 12.8 Å². The highest BCUT2D eigenvalue weighted by molar-refractivity contribution is 9.10. The smallest absolute Gasteiger partial charge is 0.314 e. The summed E-state index contributed by atoms with van der Waals surface area (Å²) in [5.74, 6) is -0.539. The highest BCUT2D eigenvalue weighted by Gasteiger charge is 2.34. The number of urea groups is 1. The van der Waals surface area contributed by atoms with Gasteiger partial charge in [0.2, 0.25) is 0 Å². The molecule has 0 saturated heterocycles. The number of fused-ring (bicyclic) bond motifs is 1. The van der Waals surface area contributed by atoms with E-state index in [1.54, 1.807) is 24.3 Å². The molecule has 0 fully saturated rings. The Kier molecular flexibility index (Phi) is 6.24. The molecule has 2 aromatic carbocycles. The molecule has 0 spiro atoms. The molecule has 2 N–H and O–H groups in total. The lowest BCUT2D eigenvalue weighted by Gasteiger charge is -2.14. The molecule has 0 bridgehead atoms. The molecule has 1 heterocycles. The van der Waals surface area contributed by atoms with Gasteiger partial charge in [0.25, 0.3) is 11.8 Å². The molecule has 7 heteroatoms. The first-order valence-electron chi connectivity index (χ1n) is 8.77. The standard InChI is InChI=1S/C20H20BrN3O3/c21-15-6-3-5-14(13-15)9-11-23-20(27)22-10-4-12-24-18(25)16-7-1-2-8-17(16)19(24)26/h1-3,5-8,13H,4,9-12H2,(H2,22,23,27). The molecule has 1 aliphatic heterocycles. The normalized spacial score (nSPS) is 12.9. The summed E-state index contributed by atoms with van der Waals surface area (Å²) in [6.45, 7) is 1.20. The molecule has 27 heavy (non-hydrogen) atoms. The van der Waals surface area contributed by atoms with Crippen molar-refractivity contribution in [2.75, 3.05) is 19.6 Å². The third-order valence-corrected chi connectivity index (χ3v) is 4.80. The van der Waals surface area contributed by atoms with Crippen LogP contribution in [0.2, 0.25) is 0 Å². The van der Waals surface area contributed by atoms with Gasteiger partial charge in [-0.3, -0.25) is 14.5 Å². The third kappa shape index (κ3) is 4.74. The van der Waals surface area contributed by atoms with E-state index in [1.807, 2.05) is 24.3 Å². The molecule has 0 radical (unpaired) electrons. The number of imide groups is 1. The molecule has 140 valence electrons. The van der Waals surface area contributed by atoms with Crippen LogP contribution in [0.3, 0.4) is 0 Å². The number of rotatable bonds is 7. The Labute approximate surface area is 166 Å². The maximum absolute atomic E-state index is 12.2. The van der Waals surface area contributed by atoms with Crippen molar-refractivity contribution in [2.24, 2.45) is 0 Å². The zero-order chi connectivity index (χ0) is 19.2. The Morgan fingerprint density at radius 2 is 1.59 bits per heavy atom. The number of benzene rings is 2. The predicted molar refractivity (Wildman–Crippen MR) is 106 cm³/mol. The molecule has 2 aromatic rings. The molecule has 0 aromatic heterocycles. The van der Waals surface area contributed by atoms with E-state index in [2.05, 4.69) is 26.6 Å². The molecular weight excluding hydrogens is 410 g/mol. The fourth-order valence-corrected chi connectivity index (χ4v) is 3.40. The Morgan fingerprint density at radius 3 is 2.26 bits per heavy atom. The average molecular weight is 430 g/mol. The van der Waals surface area contributed by atoms with Crippen molar-refractivity contribution in [3.8, 4) is 0 Å². The van der Waals surface area contributed by atoms with E-state index in [0.717, 1.165) is 16.5 Å². The molecule has 0 atom stereocenters. The number of amides is 4. The molecule has 6 nitrogen and oxygen atoms in total. The van der Waals surface area contributed by atoms with Gasteiger partial charge in [0.1, 0.15) is 0 Å². The number of hydrogen-bond donors (Lipinski definition) is 2. The second-order valence-corrected chi connectivity index (χ2v) is 7.14.